The Morgan fingerprint density at radius 1 is 1.09 bits per heavy atom. The number of hydrogen-bond acceptors (Lipinski definition) is 0. The molecular weight excluding hydrogens is 162 g/mol. The quantitative estimate of drug-likeness (QED) is 0.565. The van der Waals surface area contributed by atoms with Crippen LogP contribution in [-0.2, 0) is 0 Å². The number of benzene rings is 1. The summed E-state index contributed by atoms with van der Waals surface area (Å²) < 4.78 is 25.8. The van der Waals surface area contributed by atoms with Crippen molar-refractivity contribution in [1.29, 1.82) is 0 Å². The summed E-state index contributed by atoms with van der Waals surface area (Å²) in [7, 11) is -1.36. The van der Waals surface area contributed by atoms with Crippen LogP contribution >= 0.6 is 0 Å². The largest absolute Gasteiger partial charge is 0.207 e. The van der Waals surface area contributed by atoms with Gasteiger partial charge in [-0.3, -0.25) is 0 Å². The predicted octanol–water partition coefficient (Wildman–Crippen LogP) is 1.66. The molecule has 0 N–H and O–H groups in total. The number of hydrogen-bond donors (Lipinski definition) is 0. The second kappa shape index (κ2) is 3.13. The third kappa shape index (κ3) is 1.65. The summed E-state index contributed by atoms with van der Waals surface area (Å²) in [6.07, 6.45) is 0. The van der Waals surface area contributed by atoms with Gasteiger partial charge < -0.3 is 0 Å². The van der Waals surface area contributed by atoms with Crippen LogP contribution in [0.4, 0.5) is 8.78 Å². The van der Waals surface area contributed by atoms with E-state index in [0.29, 0.717) is 5.19 Å². The van der Waals surface area contributed by atoms with E-state index in [0.717, 1.165) is 0 Å². The first kappa shape index (κ1) is 8.39. The summed E-state index contributed by atoms with van der Waals surface area (Å²) in [6.45, 7) is 3.81. The van der Waals surface area contributed by atoms with Crippen molar-refractivity contribution in [3.8, 4) is 0 Å². The lowest BCUT2D eigenvalue weighted by molar-refractivity contribution is 0.597. The molecule has 0 saturated carbocycles. The molecule has 0 radical (unpaired) electrons. The summed E-state index contributed by atoms with van der Waals surface area (Å²) in [5.41, 5.74) is 0. The van der Waals surface area contributed by atoms with E-state index in [9.17, 15) is 8.78 Å². The third-order valence-corrected chi connectivity index (χ3v) is 3.28. The number of halogens is 2. The maximum absolute atomic E-state index is 12.9. The van der Waals surface area contributed by atoms with Gasteiger partial charge in [0.15, 0.2) is 0 Å². The highest BCUT2D eigenvalue weighted by Gasteiger charge is 2.11. The molecule has 0 bridgehead atoms. The zero-order chi connectivity index (χ0) is 8.43. The van der Waals surface area contributed by atoms with Gasteiger partial charge in [0.25, 0.3) is 0 Å². The Hall–Kier alpha value is -0.703. The molecule has 0 saturated heterocycles. The minimum absolute atomic E-state index is 0.313. The molecular formula is C8H10F2Si. The van der Waals surface area contributed by atoms with E-state index in [1.54, 1.807) is 0 Å². The highest BCUT2D eigenvalue weighted by molar-refractivity contribution is 6.70. The summed E-state index contributed by atoms with van der Waals surface area (Å²) in [5.74, 6) is -0.793. The van der Waals surface area contributed by atoms with E-state index < -0.39 is 20.4 Å². The molecule has 0 aromatic heterocycles. The third-order valence-electron chi connectivity index (χ3n) is 1.58. The zero-order valence-electron chi connectivity index (χ0n) is 6.57. The van der Waals surface area contributed by atoms with Crippen LogP contribution in [0.1, 0.15) is 0 Å². The van der Waals surface area contributed by atoms with Crippen molar-refractivity contribution in [2.24, 2.45) is 0 Å². The van der Waals surface area contributed by atoms with Crippen molar-refractivity contribution >= 4 is 14.0 Å². The molecule has 0 spiro atoms. The smallest absolute Gasteiger partial charge is 0.124 e. The van der Waals surface area contributed by atoms with Crippen molar-refractivity contribution < 1.29 is 8.78 Å². The van der Waals surface area contributed by atoms with Gasteiger partial charge in [-0.25, -0.2) is 8.78 Å². The van der Waals surface area contributed by atoms with Gasteiger partial charge in [0.1, 0.15) is 11.6 Å². The average molecular weight is 172 g/mol. The standard InChI is InChI=1S/C8H10F2Si/c1-11(2)8-6(9)4-3-5-7(8)10/h3-5,11H,1-2H3. The summed E-state index contributed by atoms with van der Waals surface area (Å²) in [4.78, 5) is 0. The van der Waals surface area contributed by atoms with Gasteiger partial charge in [-0.2, -0.15) is 0 Å². The fourth-order valence-electron chi connectivity index (χ4n) is 1.06. The van der Waals surface area contributed by atoms with Crippen LogP contribution in [0.15, 0.2) is 18.2 Å². The highest BCUT2D eigenvalue weighted by atomic mass is 28.3. The van der Waals surface area contributed by atoms with E-state index in [1.165, 1.54) is 18.2 Å². The van der Waals surface area contributed by atoms with Crippen LogP contribution in [0, 0.1) is 11.6 Å². The molecule has 1 aromatic rings. The minimum Gasteiger partial charge on any atom is -0.207 e. The molecule has 1 rings (SSSR count). The van der Waals surface area contributed by atoms with Crippen LogP contribution in [0.5, 0.6) is 0 Å². The SMILES string of the molecule is C[SiH](C)c1c(F)cccc1F. The molecule has 60 valence electrons. The summed E-state index contributed by atoms with van der Waals surface area (Å²) in [6, 6.07) is 4.02. The zero-order valence-corrected chi connectivity index (χ0v) is 7.72. The Labute approximate surface area is 66.5 Å². The molecule has 0 unspecified atom stereocenters. The van der Waals surface area contributed by atoms with Crippen LogP contribution < -0.4 is 5.19 Å². The fraction of sp³-hybridized carbons (Fsp3) is 0.250. The lowest BCUT2D eigenvalue weighted by Gasteiger charge is -2.05. The van der Waals surface area contributed by atoms with E-state index >= 15 is 0 Å². The molecule has 11 heavy (non-hydrogen) atoms. The fourth-order valence-corrected chi connectivity index (χ4v) is 2.36. The Morgan fingerprint density at radius 2 is 1.55 bits per heavy atom. The average Bonchev–Trinajstić information content (AvgIpc) is 1.85. The monoisotopic (exact) mass is 172 g/mol. The van der Waals surface area contributed by atoms with Crippen molar-refractivity contribution in [2.45, 2.75) is 13.1 Å². The van der Waals surface area contributed by atoms with Gasteiger partial charge in [-0.1, -0.05) is 19.2 Å². The number of rotatable bonds is 1. The first-order valence-electron chi connectivity index (χ1n) is 3.57. The Kier molecular flexibility index (Phi) is 2.39. The molecule has 0 heterocycles. The Morgan fingerprint density at radius 3 is 1.82 bits per heavy atom. The lowest BCUT2D eigenvalue weighted by atomic mass is 10.3. The molecule has 0 aliphatic rings. The van der Waals surface area contributed by atoms with Crippen LogP contribution in [0.2, 0.25) is 13.1 Å². The van der Waals surface area contributed by atoms with Gasteiger partial charge in [0.2, 0.25) is 0 Å². The Balaban J connectivity index is 3.21. The molecule has 3 heteroatoms. The predicted molar refractivity (Wildman–Crippen MR) is 44.9 cm³/mol. The van der Waals surface area contributed by atoms with E-state index in [2.05, 4.69) is 0 Å². The second-order valence-electron chi connectivity index (χ2n) is 2.79. The molecule has 0 fully saturated rings. The topological polar surface area (TPSA) is 0 Å². The first-order chi connectivity index (χ1) is 5.13. The molecule has 0 atom stereocenters. The van der Waals surface area contributed by atoms with Crippen LogP contribution in [0.25, 0.3) is 0 Å². The molecule has 0 aliphatic carbocycles. The van der Waals surface area contributed by atoms with Gasteiger partial charge in [0, 0.05) is 5.19 Å². The Bertz CT molecular complexity index is 238. The van der Waals surface area contributed by atoms with Gasteiger partial charge in [-0.15, -0.1) is 0 Å². The normalized spacial score (nSPS) is 10.6. The van der Waals surface area contributed by atoms with Crippen molar-refractivity contribution in [1.82, 2.24) is 0 Å². The lowest BCUT2D eigenvalue weighted by Crippen LogP contribution is -2.29. The van der Waals surface area contributed by atoms with Crippen molar-refractivity contribution in [2.75, 3.05) is 0 Å². The van der Waals surface area contributed by atoms with Crippen LogP contribution in [-0.4, -0.2) is 8.80 Å². The summed E-state index contributed by atoms with van der Waals surface area (Å²) >= 11 is 0. The van der Waals surface area contributed by atoms with Gasteiger partial charge >= 0.3 is 0 Å². The second-order valence-corrected chi connectivity index (χ2v) is 5.68. The van der Waals surface area contributed by atoms with E-state index in [1.807, 2.05) is 13.1 Å². The maximum Gasteiger partial charge on any atom is 0.124 e. The summed E-state index contributed by atoms with van der Waals surface area (Å²) in [5, 5.41) is 0.313. The molecule has 0 nitrogen and oxygen atoms in total. The van der Waals surface area contributed by atoms with Crippen molar-refractivity contribution in [3.05, 3.63) is 29.8 Å². The molecule has 0 aliphatic heterocycles. The molecule has 1 aromatic carbocycles. The van der Waals surface area contributed by atoms with Gasteiger partial charge in [-0.05, 0) is 12.1 Å². The van der Waals surface area contributed by atoms with E-state index in [4.69, 9.17) is 0 Å². The minimum atomic E-state index is -1.36. The van der Waals surface area contributed by atoms with E-state index in [-0.39, 0.29) is 0 Å². The molecule has 0 amide bonds. The van der Waals surface area contributed by atoms with Crippen molar-refractivity contribution in [3.63, 3.8) is 0 Å². The first-order valence-corrected chi connectivity index (χ1v) is 6.45. The van der Waals surface area contributed by atoms with Crippen LogP contribution in [0.3, 0.4) is 0 Å². The maximum atomic E-state index is 12.9. The van der Waals surface area contributed by atoms with Gasteiger partial charge in [0.05, 0.1) is 8.80 Å². The highest BCUT2D eigenvalue weighted by Crippen LogP contribution is 2.00.